The molecule has 1 aromatic heterocycles. The van der Waals surface area contributed by atoms with Gasteiger partial charge in [0.1, 0.15) is 5.76 Å². The predicted molar refractivity (Wildman–Crippen MR) is 63.3 cm³/mol. The van der Waals surface area contributed by atoms with Crippen LogP contribution in [0.4, 0.5) is 0 Å². The summed E-state index contributed by atoms with van der Waals surface area (Å²) in [4.78, 5) is 0. The molecule has 3 nitrogen and oxygen atoms in total. The minimum atomic E-state index is 0.349. The van der Waals surface area contributed by atoms with Gasteiger partial charge in [0.15, 0.2) is 0 Å². The van der Waals surface area contributed by atoms with Crippen LogP contribution >= 0.6 is 0 Å². The molecule has 2 heterocycles. The molecule has 0 bridgehead atoms. The van der Waals surface area contributed by atoms with Crippen molar-refractivity contribution in [2.45, 2.75) is 32.2 Å². The lowest BCUT2D eigenvalue weighted by Gasteiger charge is -2.19. The summed E-state index contributed by atoms with van der Waals surface area (Å²) >= 11 is 0. The van der Waals surface area contributed by atoms with E-state index in [1.54, 1.807) is 6.26 Å². The zero-order chi connectivity index (χ0) is 11.2. The number of hydrogen-bond donors (Lipinski definition) is 1. The summed E-state index contributed by atoms with van der Waals surface area (Å²) in [7, 11) is 0. The first-order valence-electron chi connectivity index (χ1n) is 6.24. The zero-order valence-electron chi connectivity index (χ0n) is 9.95. The monoisotopic (exact) mass is 223 g/mol. The van der Waals surface area contributed by atoms with Gasteiger partial charge in [0.05, 0.1) is 12.3 Å². The Morgan fingerprint density at radius 1 is 1.56 bits per heavy atom. The molecule has 2 unspecified atom stereocenters. The van der Waals surface area contributed by atoms with Crippen molar-refractivity contribution in [2.24, 2.45) is 5.92 Å². The molecule has 0 amide bonds. The molecule has 0 radical (unpaired) electrons. The van der Waals surface area contributed by atoms with Gasteiger partial charge in [-0.15, -0.1) is 0 Å². The van der Waals surface area contributed by atoms with Crippen LogP contribution in [0.3, 0.4) is 0 Å². The maximum Gasteiger partial charge on any atom is 0.120 e. The molecule has 2 rings (SSSR count). The number of ether oxygens (including phenoxy) is 1. The van der Waals surface area contributed by atoms with Crippen LogP contribution in [-0.4, -0.2) is 19.8 Å². The quantitative estimate of drug-likeness (QED) is 0.805. The summed E-state index contributed by atoms with van der Waals surface area (Å²) < 4.78 is 10.9. The van der Waals surface area contributed by atoms with Gasteiger partial charge in [-0.2, -0.15) is 0 Å². The Balaban J connectivity index is 1.91. The Kier molecular flexibility index (Phi) is 4.43. The van der Waals surface area contributed by atoms with Gasteiger partial charge in [-0.3, -0.25) is 0 Å². The second-order valence-electron chi connectivity index (χ2n) is 4.49. The summed E-state index contributed by atoms with van der Waals surface area (Å²) in [5, 5.41) is 3.55. The van der Waals surface area contributed by atoms with Gasteiger partial charge in [0.2, 0.25) is 0 Å². The molecule has 1 aromatic rings. The Labute approximate surface area is 97.2 Å². The van der Waals surface area contributed by atoms with Crippen LogP contribution in [0.5, 0.6) is 0 Å². The van der Waals surface area contributed by atoms with Crippen molar-refractivity contribution in [2.75, 3.05) is 19.8 Å². The van der Waals surface area contributed by atoms with Crippen molar-refractivity contribution in [1.29, 1.82) is 0 Å². The molecule has 90 valence electrons. The average Bonchev–Trinajstić information content (AvgIpc) is 2.96. The van der Waals surface area contributed by atoms with Crippen LogP contribution in [0, 0.1) is 5.92 Å². The maximum atomic E-state index is 5.50. The second kappa shape index (κ2) is 6.06. The van der Waals surface area contributed by atoms with Crippen LogP contribution in [0.2, 0.25) is 0 Å². The molecule has 16 heavy (non-hydrogen) atoms. The van der Waals surface area contributed by atoms with Gasteiger partial charge < -0.3 is 14.5 Å². The minimum Gasteiger partial charge on any atom is -0.468 e. The molecular weight excluding hydrogens is 202 g/mol. The molecule has 1 fully saturated rings. The fourth-order valence-electron chi connectivity index (χ4n) is 2.21. The predicted octanol–water partition coefficient (Wildman–Crippen LogP) is 2.75. The van der Waals surface area contributed by atoms with E-state index in [2.05, 4.69) is 18.3 Å². The third kappa shape index (κ3) is 3.09. The first-order chi connectivity index (χ1) is 7.90. The molecule has 0 aromatic carbocycles. The molecular formula is C13H21NO2. The molecule has 0 spiro atoms. The third-order valence-corrected chi connectivity index (χ3v) is 3.12. The van der Waals surface area contributed by atoms with Gasteiger partial charge in [0, 0.05) is 13.2 Å². The molecule has 0 saturated carbocycles. The highest BCUT2D eigenvalue weighted by atomic mass is 16.5. The van der Waals surface area contributed by atoms with Crippen LogP contribution in [-0.2, 0) is 4.74 Å². The van der Waals surface area contributed by atoms with E-state index in [9.17, 15) is 0 Å². The minimum absolute atomic E-state index is 0.349. The normalized spacial score (nSPS) is 22.4. The molecule has 1 aliphatic heterocycles. The molecule has 1 N–H and O–H groups in total. The molecule has 2 atom stereocenters. The van der Waals surface area contributed by atoms with Crippen molar-refractivity contribution in [3.63, 3.8) is 0 Å². The van der Waals surface area contributed by atoms with Gasteiger partial charge in [-0.05, 0) is 43.9 Å². The summed E-state index contributed by atoms with van der Waals surface area (Å²) in [6, 6.07) is 4.37. The van der Waals surface area contributed by atoms with Crippen LogP contribution in [0.25, 0.3) is 0 Å². The SMILES string of the molecule is CCCNC(CC1CCOC1)c1ccco1. The van der Waals surface area contributed by atoms with Crippen LogP contribution in [0.15, 0.2) is 22.8 Å². The van der Waals surface area contributed by atoms with Crippen LogP contribution < -0.4 is 5.32 Å². The zero-order valence-corrected chi connectivity index (χ0v) is 9.95. The molecule has 1 saturated heterocycles. The van der Waals surface area contributed by atoms with E-state index in [4.69, 9.17) is 9.15 Å². The second-order valence-corrected chi connectivity index (χ2v) is 4.49. The van der Waals surface area contributed by atoms with E-state index in [0.29, 0.717) is 12.0 Å². The van der Waals surface area contributed by atoms with Crippen molar-refractivity contribution in [3.05, 3.63) is 24.2 Å². The highest BCUT2D eigenvalue weighted by Crippen LogP contribution is 2.26. The summed E-state index contributed by atoms with van der Waals surface area (Å²) in [6.45, 7) is 5.05. The Morgan fingerprint density at radius 3 is 3.12 bits per heavy atom. The van der Waals surface area contributed by atoms with E-state index in [-0.39, 0.29) is 0 Å². The van der Waals surface area contributed by atoms with E-state index in [1.807, 2.05) is 6.07 Å². The summed E-state index contributed by atoms with van der Waals surface area (Å²) in [5.74, 6) is 1.74. The van der Waals surface area contributed by atoms with Crippen molar-refractivity contribution < 1.29 is 9.15 Å². The Bertz CT molecular complexity index is 278. The lowest BCUT2D eigenvalue weighted by atomic mass is 9.97. The van der Waals surface area contributed by atoms with Crippen LogP contribution in [0.1, 0.15) is 38.0 Å². The first kappa shape index (κ1) is 11.7. The largest absolute Gasteiger partial charge is 0.468 e. The number of rotatable bonds is 6. The molecule has 3 heteroatoms. The van der Waals surface area contributed by atoms with E-state index < -0.39 is 0 Å². The van der Waals surface area contributed by atoms with E-state index >= 15 is 0 Å². The van der Waals surface area contributed by atoms with E-state index in [0.717, 1.165) is 38.4 Å². The fourth-order valence-corrected chi connectivity index (χ4v) is 2.21. The third-order valence-electron chi connectivity index (χ3n) is 3.12. The highest BCUT2D eigenvalue weighted by Gasteiger charge is 2.22. The smallest absolute Gasteiger partial charge is 0.120 e. The average molecular weight is 223 g/mol. The summed E-state index contributed by atoms with van der Waals surface area (Å²) in [5.41, 5.74) is 0. The van der Waals surface area contributed by atoms with Crippen molar-refractivity contribution in [3.8, 4) is 0 Å². The van der Waals surface area contributed by atoms with Gasteiger partial charge in [-0.1, -0.05) is 6.92 Å². The lowest BCUT2D eigenvalue weighted by molar-refractivity contribution is 0.180. The molecule has 0 aliphatic carbocycles. The molecule has 1 aliphatic rings. The summed E-state index contributed by atoms with van der Waals surface area (Å²) in [6.07, 6.45) is 5.21. The number of nitrogens with one attached hydrogen (secondary N) is 1. The van der Waals surface area contributed by atoms with Gasteiger partial charge in [-0.25, -0.2) is 0 Å². The topological polar surface area (TPSA) is 34.4 Å². The maximum absolute atomic E-state index is 5.50. The lowest BCUT2D eigenvalue weighted by Crippen LogP contribution is -2.24. The Morgan fingerprint density at radius 2 is 2.50 bits per heavy atom. The van der Waals surface area contributed by atoms with Gasteiger partial charge >= 0.3 is 0 Å². The van der Waals surface area contributed by atoms with Crippen molar-refractivity contribution >= 4 is 0 Å². The standard InChI is InChI=1S/C13H21NO2/c1-2-6-14-12(13-4-3-7-16-13)9-11-5-8-15-10-11/h3-4,7,11-12,14H,2,5-6,8-10H2,1H3. The first-order valence-corrected chi connectivity index (χ1v) is 6.24. The van der Waals surface area contributed by atoms with E-state index in [1.165, 1.54) is 6.42 Å². The Hall–Kier alpha value is -0.800. The fraction of sp³-hybridized carbons (Fsp3) is 0.692. The highest BCUT2D eigenvalue weighted by molar-refractivity contribution is 5.04. The van der Waals surface area contributed by atoms with Gasteiger partial charge in [0.25, 0.3) is 0 Å². The number of furan rings is 1. The number of hydrogen-bond acceptors (Lipinski definition) is 3. The van der Waals surface area contributed by atoms with Crippen molar-refractivity contribution in [1.82, 2.24) is 5.32 Å².